The minimum Gasteiger partial charge on any atom is -0.313 e. The third-order valence-corrected chi connectivity index (χ3v) is 4.10. The molecule has 1 unspecified atom stereocenters. The fraction of sp³-hybridized carbons (Fsp3) is 1.00. The van der Waals surface area contributed by atoms with Gasteiger partial charge in [-0.2, -0.15) is 11.8 Å². The van der Waals surface area contributed by atoms with Gasteiger partial charge in [-0.15, -0.1) is 0 Å². The zero-order valence-corrected chi connectivity index (χ0v) is 10.6. The summed E-state index contributed by atoms with van der Waals surface area (Å²) in [5, 5.41) is 4.42. The molecule has 0 aromatic carbocycles. The first kappa shape index (κ1) is 12.3. The molecule has 0 saturated carbocycles. The molecule has 1 N–H and O–H groups in total. The predicted octanol–water partition coefficient (Wildman–Crippen LogP) is 1.81. The average molecular weight is 216 g/mol. The third-order valence-electron chi connectivity index (χ3n) is 3.13. The normalized spacial score (nSPS) is 22.5. The van der Waals surface area contributed by atoms with E-state index in [1.807, 2.05) is 11.8 Å². The first-order valence-electron chi connectivity index (χ1n) is 5.74. The van der Waals surface area contributed by atoms with Gasteiger partial charge in [0.25, 0.3) is 0 Å². The van der Waals surface area contributed by atoms with Crippen molar-refractivity contribution in [1.29, 1.82) is 0 Å². The van der Waals surface area contributed by atoms with Crippen molar-refractivity contribution < 1.29 is 0 Å². The molecule has 14 heavy (non-hydrogen) atoms. The molecule has 0 aromatic rings. The monoisotopic (exact) mass is 216 g/mol. The Morgan fingerprint density at radius 3 is 2.57 bits per heavy atom. The van der Waals surface area contributed by atoms with Crippen molar-refractivity contribution in [3.63, 3.8) is 0 Å². The SMILES string of the molecule is CCN1CCC(NCC(C)SC)CC1. The van der Waals surface area contributed by atoms with E-state index in [9.17, 15) is 0 Å². The van der Waals surface area contributed by atoms with E-state index in [-0.39, 0.29) is 0 Å². The van der Waals surface area contributed by atoms with E-state index in [1.54, 1.807) is 0 Å². The summed E-state index contributed by atoms with van der Waals surface area (Å²) in [6.07, 6.45) is 4.84. The van der Waals surface area contributed by atoms with Gasteiger partial charge in [0.15, 0.2) is 0 Å². The molecule has 2 nitrogen and oxygen atoms in total. The van der Waals surface area contributed by atoms with Gasteiger partial charge in [-0.25, -0.2) is 0 Å². The predicted molar refractivity (Wildman–Crippen MR) is 66.1 cm³/mol. The van der Waals surface area contributed by atoms with E-state index in [2.05, 4.69) is 30.3 Å². The highest BCUT2D eigenvalue weighted by atomic mass is 32.2. The van der Waals surface area contributed by atoms with Crippen LogP contribution in [0.2, 0.25) is 0 Å². The van der Waals surface area contributed by atoms with Crippen LogP contribution in [0.3, 0.4) is 0 Å². The molecule has 3 heteroatoms. The van der Waals surface area contributed by atoms with E-state index in [0.29, 0.717) is 0 Å². The standard InChI is InChI=1S/C11H24N2S/c1-4-13-7-5-11(6-8-13)12-9-10(2)14-3/h10-12H,4-9H2,1-3H3. The minimum absolute atomic E-state index is 0.749. The second-order valence-corrected chi connectivity index (χ2v) is 5.44. The maximum Gasteiger partial charge on any atom is 0.0141 e. The van der Waals surface area contributed by atoms with Crippen LogP contribution in [0.15, 0.2) is 0 Å². The topological polar surface area (TPSA) is 15.3 Å². The highest BCUT2D eigenvalue weighted by Gasteiger charge is 2.17. The van der Waals surface area contributed by atoms with Crippen LogP contribution in [0.4, 0.5) is 0 Å². The number of nitrogens with zero attached hydrogens (tertiary/aromatic N) is 1. The number of nitrogens with one attached hydrogen (secondary N) is 1. The summed E-state index contributed by atoms with van der Waals surface area (Å²) >= 11 is 1.95. The van der Waals surface area contributed by atoms with Crippen LogP contribution in [-0.4, -0.2) is 48.6 Å². The Morgan fingerprint density at radius 2 is 2.07 bits per heavy atom. The molecule has 1 aliphatic heterocycles. The summed E-state index contributed by atoms with van der Waals surface area (Å²) in [5.74, 6) is 0. The van der Waals surface area contributed by atoms with Crippen molar-refractivity contribution in [3.8, 4) is 0 Å². The zero-order valence-electron chi connectivity index (χ0n) is 9.75. The first-order chi connectivity index (χ1) is 6.76. The molecule has 0 amide bonds. The number of likely N-dealkylation sites (tertiary alicyclic amines) is 1. The molecule has 0 aromatic heterocycles. The van der Waals surface area contributed by atoms with Crippen LogP contribution >= 0.6 is 11.8 Å². The maximum atomic E-state index is 3.67. The molecule has 1 atom stereocenters. The highest BCUT2D eigenvalue weighted by Crippen LogP contribution is 2.11. The van der Waals surface area contributed by atoms with Gasteiger partial charge in [0.05, 0.1) is 0 Å². The maximum absolute atomic E-state index is 3.67. The molecule has 1 aliphatic rings. The van der Waals surface area contributed by atoms with Crippen LogP contribution in [0.5, 0.6) is 0 Å². The molecule has 1 saturated heterocycles. The number of hydrogen-bond donors (Lipinski definition) is 1. The molecule has 0 radical (unpaired) electrons. The quantitative estimate of drug-likeness (QED) is 0.754. The third kappa shape index (κ3) is 4.20. The lowest BCUT2D eigenvalue weighted by atomic mass is 10.1. The second-order valence-electron chi connectivity index (χ2n) is 4.16. The number of thioether (sulfide) groups is 1. The molecular weight excluding hydrogens is 192 g/mol. The molecule has 0 spiro atoms. The molecular formula is C11H24N2S. The summed E-state index contributed by atoms with van der Waals surface area (Å²) < 4.78 is 0. The molecule has 0 aliphatic carbocycles. The fourth-order valence-electron chi connectivity index (χ4n) is 1.87. The summed E-state index contributed by atoms with van der Waals surface area (Å²) in [6, 6.07) is 0.771. The van der Waals surface area contributed by atoms with Crippen LogP contribution in [0.25, 0.3) is 0 Å². The zero-order chi connectivity index (χ0) is 10.4. The lowest BCUT2D eigenvalue weighted by Gasteiger charge is -2.32. The van der Waals surface area contributed by atoms with Crippen LogP contribution in [0, 0.1) is 0 Å². The summed E-state index contributed by atoms with van der Waals surface area (Å²) in [4.78, 5) is 2.54. The molecule has 1 rings (SSSR count). The largest absolute Gasteiger partial charge is 0.313 e. The van der Waals surface area contributed by atoms with Gasteiger partial charge >= 0.3 is 0 Å². The smallest absolute Gasteiger partial charge is 0.0141 e. The van der Waals surface area contributed by atoms with Gasteiger partial charge in [-0.3, -0.25) is 0 Å². The van der Waals surface area contributed by atoms with E-state index in [1.165, 1.54) is 32.5 Å². The lowest BCUT2D eigenvalue weighted by molar-refractivity contribution is 0.207. The fourth-order valence-corrected chi connectivity index (χ4v) is 2.13. The van der Waals surface area contributed by atoms with Crippen molar-refractivity contribution in [2.75, 3.05) is 32.4 Å². The van der Waals surface area contributed by atoms with Gasteiger partial charge in [0.1, 0.15) is 0 Å². The van der Waals surface area contributed by atoms with Crippen molar-refractivity contribution in [1.82, 2.24) is 10.2 Å². The van der Waals surface area contributed by atoms with Gasteiger partial charge < -0.3 is 10.2 Å². The van der Waals surface area contributed by atoms with E-state index in [4.69, 9.17) is 0 Å². The Kier molecular flexibility index (Phi) is 5.90. The lowest BCUT2D eigenvalue weighted by Crippen LogP contribution is -2.43. The van der Waals surface area contributed by atoms with Crippen LogP contribution in [-0.2, 0) is 0 Å². The number of hydrogen-bond acceptors (Lipinski definition) is 3. The number of rotatable bonds is 5. The van der Waals surface area contributed by atoms with Gasteiger partial charge in [0.2, 0.25) is 0 Å². The Labute approximate surface area is 92.8 Å². The van der Waals surface area contributed by atoms with E-state index < -0.39 is 0 Å². The molecule has 0 bridgehead atoms. The van der Waals surface area contributed by atoms with Gasteiger partial charge in [-0.05, 0) is 38.7 Å². The van der Waals surface area contributed by atoms with Crippen molar-refractivity contribution >= 4 is 11.8 Å². The summed E-state index contributed by atoms with van der Waals surface area (Å²) in [5.41, 5.74) is 0. The summed E-state index contributed by atoms with van der Waals surface area (Å²) in [6.45, 7) is 9.48. The Balaban J connectivity index is 2.10. The average Bonchev–Trinajstić information content (AvgIpc) is 2.26. The molecule has 1 fully saturated rings. The van der Waals surface area contributed by atoms with Crippen molar-refractivity contribution in [2.24, 2.45) is 0 Å². The molecule has 1 heterocycles. The van der Waals surface area contributed by atoms with Gasteiger partial charge in [-0.1, -0.05) is 13.8 Å². The molecule has 84 valence electrons. The number of piperidine rings is 1. The first-order valence-corrected chi connectivity index (χ1v) is 7.03. The van der Waals surface area contributed by atoms with Crippen LogP contribution < -0.4 is 5.32 Å². The highest BCUT2D eigenvalue weighted by molar-refractivity contribution is 7.99. The van der Waals surface area contributed by atoms with E-state index in [0.717, 1.165) is 17.8 Å². The Bertz CT molecular complexity index is 144. The van der Waals surface area contributed by atoms with Crippen LogP contribution in [0.1, 0.15) is 26.7 Å². The Morgan fingerprint density at radius 1 is 1.43 bits per heavy atom. The van der Waals surface area contributed by atoms with Crippen molar-refractivity contribution in [2.45, 2.75) is 38.0 Å². The minimum atomic E-state index is 0.749. The van der Waals surface area contributed by atoms with Crippen molar-refractivity contribution in [3.05, 3.63) is 0 Å². The summed E-state index contributed by atoms with van der Waals surface area (Å²) in [7, 11) is 0. The second kappa shape index (κ2) is 6.70. The van der Waals surface area contributed by atoms with E-state index >= 15 is 0 Å². The van der Waals surface area contributed by atoms with Gasteiger partial charge in [0, 0.05) is 17.8 Å². The Hall–Kier alpha value is 0.270.